The van der Waals surface area contributed by atoms with Crippen molar-refractivity contribution in [1.29, 1.82) is 0 Å². The predicted octanol–water partition coefficient (Wildman–Crippen LogP) is 3.29. The SMILES string of the molecule is CCOC(=O)C1=CCCCC1c1csc(C(=O)OC)c1. The smallest absolute Gasteiger partial charge is 0.348 e. The van der Waals surface area contributed by atoms with E-state index in [4.69, 9.17) is 9.47 Å². The number of rotatable bonds is 4. The second kappa shape index (κ2) is 6.70. The van der Waals surface area contributed by atoms with Crippen LogP contribution in [0.25, 0.3) is 0 Å². The summed E-state index contributed by atoms with van der Waals surface area (Å²) in [6, 6.07) is 1.82. The summed E-state index contributed by atoms with van der Waals surface area (Å²) in [6.07, 6.45) is 4.80. The molecule has 0 fully saturated rings. The first-order chi connectivity index (χ1) is 9.67. The van der Waals surface area contributed by atoms with Gasteiger partial charge in [0.05, 0.1) is 13.7 Å². The van der Waals surface area contributed by atoms with Crippen molar-refractivity contribution < 1.29 is 19.1 Å². The molecule has 0 saturated carbocycles. The third-order valence-electron chi connectivity index (χ3n) is 3.36. The van der Waals surface area contributed by atoms with Gasteiger partial charge in [-0.2, -0.15) is 0 Å². The Morgan fingerprint density at radius 3 is 2.90 bits per heavy atom. The minimum atomic E-state index is -0.335. The molecule has 1 atom stereocenters. The average Bonchev–Trinajstić information content (AvgIpc) is 2.96. The van der Waals surface area contributed by atoms with Crippen LogP contribution in [0.2, 0.25) is 0 Å². The van der Waals surface area contributed by atoms with Gasteiger partial charge in [0.1, 0.15) is 4.88 Å². The zero-order valence-corrected chi connectivity index (χ0v) is 12.5. The van der Waals surface area contributed by atoms with Crippen molar-refractivity contribution in [2.45, 2.75) is 32.1 Å². The van der Waals surface area contributed by atoms with Crippen LogP contribution in [0.4, 0.5) is 0 Å². The highest BCUT2D eigenvalue weighted by Crippen LogP contribution is 2.36. The summed E-state index contributed by atoms with van der Waals surface area (Å²) >= 11 is 1.35. The lowest BCUT2D eigenvalue weighted by molar-refractivity contribution is -0.139. The Hall–Kier alpha value is -1.62. The van der Waals surface area contributed by atoms with Gasteiger partial charge in [-0.15, -0.1) is 11.3 Å². The van der Waals surface area contributed by atoms with E-state index in [2.05, 4.69) is 0 Å². The van der Waals surface area contributed by atoms with E-state index in [1.54, 1.807) is 6.92 Å². The van der Waals surface area contributed by atoms with Gasteiger partial charge in [0.25, 0.3) is 0 Å². The van der Waals surface area contributed by atoms with Crippen molar-refractivity contribution in [2.24, 2.45) is 0 Å². The third-order valence-corrected chi connectivity index (χ3v) is 4.28. The van der Waals surface area contributed by atoms with Crippen LogP contribution in [0.15, 0.2) is 23.1 Å². The monoisotopic (exact) mass is 294 g/mol. The molecule has 1 heterocycles. The second-order valence-corrected chi connectivity index (χ2v) is 5.51. The summed E-state index contributed by atoms with van der Waals surface area (Å²) in [7, 11) is 1.37. The topological polar surface area (TPSA) is 52.6 Å². The van der Waals surface area contributed by atoms with Gasteiger partial charge in [0.15, 0.2) is 0 Å². The van der Waals surface area contributed by atoms with Gasteiger partial charge in [-0.25, -0.2) is 9.59 Å². The summed E-state index contributed by atoms with van der Waals surface area (Å²) in [5.74, 6) is -0.556. The number of hydrogen-bond acceptors (Lipinski definition) is 5. The summed E-state index contributed by atoms with van der Waals surface area (Å²) in [5, 5.41) is 1.93. The van der Waals surface area contributed by atoms with E-state index in [0.29, 0.717) is 17.1 Å². The first-order valence-corrected chi connectivity index (χ1v) is 7.59. The van der Waals surface area contributed by atoms with Crippen LogP contribution >= 0.6 is 11.3 Å². The molecule has 0 aromatic carbocycles. The van der Waals surface area contributed by atoms with Crippen molar-refractivity contribution in [3.05, 3.63) is 33.5 Å². The highest BCUT2D eigenvalue weighted by atomic mass is 32.1. The average molecular weight is 294 g/mol. The van der Waals surface area contributed by atoms with Crippen molar-refractivity contribution in [3.63, 3.8) is 0 Å². The van der Waals surface area contributed by atoms with Crippen molar-refractivity contribution in [3.8, 4) is 0 Å². The van der Waals surface area contributed by atoms with Crippen LogP contribution in [-0.4, -0.2) is 25.7 Å². The Labute approximate surface area is 122 Å². The standard InChI is InChI=1S/C15H18O4S/c1-3-19-14(16)12-7-5-4-6-11(12)10-8-13(20-9-10)15(17)18-2/h7-9,11H,3-6H2,1-2H3. The lowest BCUT2D eigenvalue weighted by Gasteiger charge is -2.22. The minimum Gasteiger partial charge on any atom is -0.465 e. The number of carbonyl (C=O) groups excluding carboxylic acids is 2. The number of methoxy groups -OCH3 is 1. The van der Waals surface area contributed by atoms with Crippen LogP contribution in [-0.2, 0) is 14.3 Å². The molecular weight excluding hydrogens is 276 g/mol. The van der Waals surface area contributed by atoms with Gasteiger partial charge in [0, 0.05) is 11.5 Å². The van der Waals surface area contributed by atoms with Crippen LogP contribution in [0.1, 0.15) is 47.3 Å². The maximum atomic E-state index is 12.0. The van der Waals surface area contributed by atoms with Gasteiger partial charge in [-0.3, -0.25) is 0 Å². The normalized spacial score (nSPS) is 18.3. The molecule has 0 aliphatic heterocycles. The quantitative estimate of drug-likeness (QED) is 0.800. The molecule has 1 aromatic heterocycles. The largest absolute Gasteiger partial charge is 0.465 e. The van der Waals surface area contributed by atoms with E-state index in [-0.39, 0.29) is 17.9 Å². The fourth-order valence-electron chi connectivity index (χ4n) is 2.40. The van der Waals surface area contributed by atoms with Crippen LogP contribution in [0.5, 0.6) is 0 Å². The molecule has 108 valence electrons. The third kappa shape index (κ3) is 3.10. The summed E-state index contributed by atoms with van der Waals surface area (Å²) in [4.78, 5) is 24.1. The number of thiophene rings is 1. The minimum absolute atomic E-state index is 0.0254. The number of esters is 2. The van der Waals surface area contributed by atoms with E-state index in [9.17, 15) is 9.59 Å². The number of carbonyl (C=O) groups is 2. The zero-order valence-electron chi connectivity index (χ0n) is 11.7. The highest BCUT2D eigenvalue weighted by Gasteiger charge is 2.27. The molecule has 0 bridgehead atoms. The number of ether oxygens (including phenoxy) is 2. The highest BCUT2D eigenvalue weighted by molar-refractivity contribution is 7.12. The number of allylic oxidation sites excluding steroid dienone is 1. The van der Waals surface area contributed by atoms with Crippen molar-refractivity contribution in [1.82, 2.24) is 0 Å². The van der Waals surface area contributed by atoms with Crippen LogP contribution in [0, 0.1) is 0 Å². The first-order valence-electron chi connectivity index (χ1n) is 6.71. The van der Waals surface area contributed by atoms with Gasteiger partial charge < -0.3 is 9.47 Å². The summed E-state index contributed by atoms with van der Waals surface area (Å²) in [6.45, 7) is 2.18. The molecule has 1 aliphatic rings. The van der Waals surface area contributed by atoms with Gasteiger partial charge in [0.2, 0.25) is 0 Å². The maximum Gasteiger partial charge on any atom is 0.348 e. The predicted molar refractivity (Wildman–Crippen MR) is 77.0 cm³/mol. The lowest BCUT2D eigenvalue weighted by Crippen LogP contribution is -2.17. The zero-order chi connectivity index (χ0) is 14.5. The van der Waals surface area contributed by atoms with Crippen LogP contribution < -0.4 is 0 Å². The lowest BCUT2D eigenvalue weighted by atomic mass is 9.83. The van der Waals surface area contributed by atoms with E-state index >= 15 is 0 Å². The summed E-state index contributed by atoms with van der Waals surface area (Å²) < 4.78 is 9.83. The summed E-state index contributed by atoms with van der Waals surface area (Å²) in [5.41, 5.74) is 1.71. The van der Waals surface area contributed by atoms with Crippen molar-refractivity contribution >= 4 is 23.3 Å². The van der Waals surface area contributed by atoms with Crippen LogP contribution in [0.3, 0.4) is 0 Å². The fourth-order valence-corrected chi connectivity index (χ4v) is 3.28. The molecule has 0 spiro atoms. The number of hydrogen-bond donors (Lipinski definition) is 0. The fraction of sp³-hybridized carbons (Fsp3) is 0.467. The van der Waals surface area contributed by atoms with E-state index in [1.807, 2.05) is 17.5 Å². The first kappa shape index (κ1) is 14.8. The van der Waals surface area contributed by atoms with Gasteiger partial charge >= 0.3 is 11.9 Å². The molecule has 1 unspecified atom stereocenters. The van der Waals surface area contributed by atoms with E-state index < -0.39 is 0 Å². The Morgan fingerprint density at radius 2 is 2.20 bits per heavy atom. The molecule has 5 heteroatoms. The molecule has 0 saturated heterocycles. The Morgan fingerprint density at radius 1 is 1.40 bits per heavy atom. The molecular formula is C15H18O4S. The Kier molecular flexibility index (Phi) is 4.95. The maximum absolute atomic E-state index is 12.0. The van der Waals surface area contributed by atoms with E-state index in [0.717, 1.165) is 24.8 Å². The molecule has 1 aliphatic carbocycles. The Bertz CT molecular complexity index is 530. The molecule has 0 radical (unpaired) electrons. The Balaban J connectivity index is 2.23. The second-order valence-electron chi connectivity index (χ2n) is 4.60. The molecule has 20 heavy (non-hydrogen) atoms. The molecule has 0 N–H and O–H groups in total. The molecule has 2 rings (SSSR count). The molecule has 0 amide bonds. The van der Waals surface area contributed by atoms with E-state index in [1.165, 1.54) is 18.4 Å². The van der Waals surface area contributed by atoms with Gasteiger partial charge in [-0.05, 0) is 43.2 Å². The van der Waals surface area contributed by atoms with Gasteiger partial charge in [-0.1, -0.05) is 6.08 Å². The molecule has 4 nitrogen and oxygen atoms in total. The van der Waals surface area contributed by atoms with Crippen molar-refractivity contribution in [2.75, 3.05) is 13.7 Å². The molecule has 1 aromatic rings.